The van der Waals surface area contributed by atoms with Crippen LogP contribution in [0.3, 0.4) is 0 Å². The summed E-state index contributed by atoms with van der Waals surface area (Å²) in [6.07, 6.45) is 0. The molecular weight excluding hydrogens is 436 g/mol. The van der Waals surface area contributed by atoms with Crippen LogP contribution in [-0.4, -0.2) is 40.0 Å². The number of hydrogen-bond acceptors (Lipinski definition) is 8. The van der Waals surface area contributed by atoms with Crippen molar-refractivity contribution >= 4 is 26.8 Å². The summed E-state index contributed by atoms with van der Waals surface area (Å²) in [5, 5.41) is 14.0. The molecular formula is C22H20N2O7S. The van der Waals surface area contributed by atoms with E-state index >= 15 is 0 Å². The highest BCUT2D eigenvalue weighted by Crippen LogP contribution is 2.40. The number of fused-ring (bicyclic) bond motifs is 1. The number of hydrogen-bond donors (Lipinski definition) is 2. The zero-order valence-electron chi connectivity index (χ0n) is 17.4. The predicted molar refractivity (Wildman–Crippen MR) is 118 cm³/mol. The number of phenolic OH excluding ortho intramolecular Hbond substituents is 1. The van der Waals surface area contributed by atoms with Crippen LogP contribution in [0.25, 0.3) is 22.1 Å². The fraction of sp³-hybridized carbons (Fsp3) is 0.136. The molecule has 4 aromatic rings. The van der Waals surface area contributed by atoms with Crippen LogP contribution in [0.15, 0.2) is 64.0 Å². The minimum atomic E-state index is -4.16. The van der Waals surface area contributed by atoms with Crippen LogP contribution >= 0.6 is 0 Å². The van der Waals surface area contributed by atoms with Gasteiger partial charge in [-0.3, -0.25) is 4.72 Å². The Morgan fingerprint density at radius 1 is 0.875 bits per heavy atom. The minimum Gasteiger partial charge on any atom is -0.508 e. The van der Waals surface area contributed by atoms with Crippen molar-refractivity contribution in [2.24, 2.45) is 0 Å². The van der Waals surface area contributed by atoms with Crippen LogP contribution in [0.4, 0.5) is 5.82 Å². The monoisotopic (exact) mass is 456 g/mol. The largest absolute Gasteiger partial charge is 0.508 e. The summed E-state index contributed by atoms with van der Waals surface area (Å²) in [5.74, 6) is 0.628. The molecule has 0 bridgehead atoms. The van der Waals surface area contributed by atoms with Gasteiger partial charge in [-0.25, -0.2) is 8.42 Å². The molecule has 0 radical (unpaired) electrons. The molecule has 1 heterocycles. The highest BCUT2D eigenvalue weighted by molar-refractivity contribution is 7.93. The number of phenols is 1. The van der Waals surface area contributed by atoms with E-state index in [1.165, 1.54) is 33.5 Å². The molecule has 0 aliphatic carbocycles. The number of nitrogens with one attached hydrogen (secondary N) is 1. The molecule has 0 aliphatic heterocycles. The molecule has 0 amide bonds. The second-order valence-electron chi connectivity index (χ2n) is 6.73. The number of aromatic hydroxyl groups is 1. The maximum Gasteiger partial charge on any atom is 0.270 e. The SMILES string of the molecule is COc1cccc(OC)c1S(=O)(=O)Nc1noc2cc(-c3cccc(O)c3)cc(OC)c12. The average Bonchev–Trinajstić information content (AvgIpc) is 3.19. The van der Waals surface area contributed by atoms with E-state index in [1.54, 1.807) is 36.4 Å². The lowest BCUT2D eigenvalue weighted by Gasteiger charge is -2.14. The third-order valence-corrected chi connectivity index (χ3v) is 6.22. The van der Waals surface area contributed by atoms with Crippen molar-refractivity contribution in [2.75, 3.05) is 26.1 Å². The third-order valence-electron chi connectivity index (χ3n) is 4.82. The van der Waals surface area contributed by atoms with Gasteiger partial charge in [-0.1, -0.05) is 23.4 Å². The second-order valence-corrected chi connectivity index (χ2v) is 8.35. The number of benzene rings is 3. The van der Waals surface area contributed by atoms with Gasteiger partial charge in [0.1, 0.15) is 28.4 Å². The standard InChI is InChI=1S/C22H20N2O7S/c1-28-16-8-5-9-17(29-2)21(16)32(26,27)24-22-20-18(30-3)11-14(12-19(20)31-23-22)13-6-4-7-15(25)10-13/h4-12,25H,1-3H3,(H,23,24). The molecule has 0 unspecified atom stereocenters. The Kier molecular flexibility index (Phi) is 5.54. The van der Waals surface area contributed by atoms with Crippen molar-refractivity contribution in [3.63, 3.8) is 0 Å². The maximum absolute atomic E-state index is 13.2. The van der Waals surface area contributed by atoms with Gasteiger partial charge in [0.05, 0.1) is 21.3 Å². The van der Waals surface area contributed by atoms with Crippen molar-refractivity contribution in [1.82, 2.24) is 5.16 Å². The number of rotatable bonds is 7. The Labute approximate surface area is 184 Å². The first-order valence-electron chi connectivity index (χ1n) is 9.38. The molecule has 0 fully saturated rings. The molecule has 32 heavy (non-hydrogen) atoms. The maximum atomic E-state index is 13.2. The molecule has 10 heteroatoms. The first-order valence-corrected chi connectivity index (χ1v) is 10.9. The summed E-state index contributed by atoms with van der Waals surface area (Å²) >= 11 is 0. The minimum absolute atomic E-state index is 0.0488. The van der Waals surface area contributed by atoms with Crippen LogP contribution in [0.5, 0.6) is 23.0 Å². The molecule has 4 rings (SSSR count). The lowest BCUT2D eigenvalue weighted by molar-refractivity contribution is 0.373. The van der Waals surface area contributed by atoms with Gasteiger partial charge >= 0.3 is 0 Å². The van der Waals surface area contributed by atoms with Crippen LogP contribution in [0, 0.1) is 0 Å². The number of nitrogens with zero attached hydrogens (tertiary/aromatic N) is 1. The Bertz CT molecular complexity index is 1370. The fourth-order valence-electron chi connectivity index (χ4n) is 3.38. The van der Waals surface area contributed by atoms with Crippen LogP contribution in [-0.2, 0) is 10.0 Å². The number of anilines is 1. The van der Waals surface area contributed by atoms with E-state index in [2.05, 4.69) is 9.88 Å². The quantitative estimate of drug-likeness (QED) is 0.428. The second kappa shape index (κ2) is 8.31. The highest BCUT2D eigenvalue weighted by atomic mass is 32.2. The highest BCUT2D eigenvalue weighted by Gasteiger charge is 2.28. The molecule has 0 saturated heterocycles. The molecule has 9 nitrogen and oxygen atoms in total. The van der Waals surface area contributed by atoms with Crippen LogP contribution < -0.4 is 18.9 Å². The van der Waals surface area contributed by atoms with Crippen molar-refractivity contribution in [1.29, 1.82) is 0 Å². The number of aromatic nitrogens is 1. The Morgan fingerprint density at radius 3 is 2.16 bits per heavy atom. The van der Waals surface area contributed by atoms with Gasteiger partial charge in [-0.05, 0) is 47.5 Å². The van der Waals surface area contributed by atoms with Crippen molar-refractivity contribution in [3.8, 4) is 34.1 Å². The Balaban J connectivity index is 1.82. The zero-order valence-corrected chi connectivity index (χ0v) is 18.3. The molecule has 0 atom stereocenters. The van der Waals surface area contributed by atoms with Crippen molar-refractivity contribution < 1.29 is 32.3 Å². The van der Waals surface area contributed by atoms with Crippen LogP contribution in [0.2, 0.25) is 0 Å². The summed E-state index contributed by atoms with van der Waals surface area (Å²) in [4.78, 5) is -0.170. The number of methoxy groups -OCH3 is 3. The van der Waals surface area contributed by atoms with E-state index in [9.17, 15) is 13.5 Å². The summed E-state index contributed by atoms with van der Waals surface area (Å²) in [7, 11) is 0.0223. The predicted octanol–water partition coefficient (Wildman–Crippen LogP) is 4.03. The van der Waals surface area contributed by atoms with E-state index in [0.717, 1.165) is 5.56 Å². The van der Waals surface area contributed by atoms with Crippen molar-refractivity contribution in [3.05, 3.63) is 54.6 Å². The smallest absolute Gasteiger partial charge is 0.270 e. The van der Waals surface area contributed by atoms with Gasteiger partial charge in [-0.15, -0.1) is 0 Å². The van der Waals surface area contributed by atoms with Crippen LogP contribution in [0.1, 0.15) is 0 Å². The fourth-order valence-corrected chi connectivity index (χ4v) is 4.71. The van der Waals surface area contributed by atoms with Gasteiger partial charge in [0, 0.05) is 0 Å². The number of ether oxygens (including phenoxy) is 3. The third kappa shape index (κ3) is 3.76. The number of sulfonamides is 1. The summed E-state index contributed by atoms with van der Waals surface area (Å²) < 4.78 is 50.2. The summed E-state index contributed by atoms with van der Waals surface area (Å²) in [6, 6.07) is 14.7. The first kappa shape index (κ1) is 21.3. The molecule has 2 N–H and O–H groups in total. The Morgan fingerprint density at radius 2 is 1.53 bits per heavy atom. The molecule has 0 saturated carbocycles. The topological polar surface area (TPSA) is 120 Å². The Hall–Kier alpha value is -3.92. The molecule has 166 valence electrons. The summed E-state index contributed by atoms with van der Waals surface area (Å²) in [5.41, 5.74) is 1.72. The van der Waals surface area contributed by atoms with E-state index in [0.29, 0.717) is 22.3 Å². The molecule has 0 spiro atoms. The lowest BCUT2D eigenvalue weighted by atomic mass is 10.0. The average molecular weight is 456 g/mol. The van der Waals surface area contributed by atoms with E-state index < -0.39 is 10.0 Å². The summed E-state index contributed by atoms with van der Waals surface area (Å²) in [6.45, 7) is 0. The van der Waals surface area contributed by atoms with Gasteiger partial charge in [-0.2, -0.15) is 0 Å². The van der Waals surface area contributed by atoms with E-state index in [-0.39, 0.29) is 28.0 Å². The van der Waals surface area contributed by atoms with Gasteiger partial charge in [0.15, 0.2) is 16.3 Å². The van der Waals surface area contributed by atoms with Gasteiger partial charge < -0.3 is 23.8 Å². The van der Waals surface area contributed by atoms with E-state index in [4.69, 9.17) is 18.7 Å². The van der Waals surface area contributed by atoms with Gasteiger partial charge in [0.25, 0.3) is 10.0 Å². The van der Waals surface area contributed by atoms with Crippen molar-refractivity contribution in [2.45, 2.75) is 4.90 Å². The van der Waals surface area contributed by atoms with E-state index in [1.807, 2.05) is 6.07 Å². The molecule has 0 aliphatic rings. The van der Waals surface area contributed by atoms with Gasteiger partial charge in [0.2, 0.25) is 0 Å². The molecule has 1 aromatic heterocycles. The normalized spacial score (nSPS) is 11.3. The molecule has 3 aromatic carbocycles. The first-order chi connectivity index (χ1) is 15.4. The lowest BCUT2D eigenvalue weighted by Crippen LogP contribution is -2.15. The zero-order chi connectivity index (χ0) is 22.9.